The van der Waals surface area contributed by atoms with E-state index in [9.17, 15) is 0 Å². The van der Waals surface area contributed by atoms with Crippen LogP contribution in [0.1, 0.15) is 5.89 Å². The van der Waals surface area contributed by atoms with Gasteiger partial charge in [-0.2, -0.15) is 0 Å². The molecule has 0 bridgehead atoms. The van der Waals surface area contributed by atoms with Crippen molar-refractivity contribution in [1.82, 2.24) is 15.4 Å². The molecule has 0 aliphatic heterocycles. The van der Waals surface area contributed by atoms with Crippen molar-refractivity contribution in [2.24, 2.45) is 0 Å². The zero-order valence-corrected chi connectivity index (χ0v) is 12.8. The van der Waals surface area contributed by atoms with Crippen molar-refractivity contribution in [1.29, 1.82) is 0 Å². The Morgan fingerprint density at radius 3 is 2.09 bits per heavy atom. The van der Waals surface area contributed by atoms with Crippen molar-refractivity contribution >= 4 is 0 Å². The molecule has 1 N–H and O–H groups in total. The molecule has 4 nitrogen and oxygen atoms in total. The van der Waals surface area contributed by atoms with Crippen molar-refractivity contribution in [2.75, 3.05) is 14.1 Å². The lowest BCUT2D eigenvalue weighted by Gasteiger charge is -2.08. The molecule has 0 aliphatic carbocycles. The van der Waals surface area contributed by atoms with Gasteiger partial charge in [-0.25, -0.2) is 10.4 Å². The van der Waals surface area contributed by atoms with Crippen LogP contribution in [0.5, 0.6) is 0 Å². The van der Waals surface area contributed by atoms with E-state index in [1.54, 1.807) is 0 Å². The average Bonchev–Trinajstić information content (AvgIpc) is 2.99. The van der Waals surface area contributed by atoms with Crippen molar-refractivity contribution in [3.05, 3.63) is 66.6 Å². The summed E-state index contributed by atoms with van der Waals surface area (Å²) < 4.78 is 6.01. The largest absolute Gasteiger partial charge is 0.439 e. The Hall–Kier alpha value is -2.43. The molecule has 0 amide bonds. The summed E-state index contributed by atoms with van der Waals surface area (Å²) in [6, 6.07) is 20.2. The second kappa shape index (κ2) is 6.56. The van der Waals surface area contributed by atoms with E-state index in [0.29, 0.717) is 12.4 Å². The predicted octanol–water partition coefficient (Wildman–Crippen LogP) is 3.57. The van der Waals surface area contributed by atoms with E-state index in [4.69, 9.17) is 4.42 Å². The summed E-state index contributed by atoms with van der Waals surface area (Å²) in [7, 11) is 3.89. The third kappa shape index (κ3) is 3.24. The van der Waals surface area contributed by atoms with Crippen LogP contribution in [0.25, 0.3) is 22.6 Å². The molecule has 112 valence electrons. The zero-order valence-electron chi connectivity index (χ0n) is 12.8. The van der Waals surface area contributed by atoms with Crippen LogP contribution in [0.3, 0.4) is 0 Å². The number of nitrogens with one attached hydrogen (secondary N) is 1. The maximum Gasteiger partial charge on any atom is 0.210 e. The van der Waals surface area contributed by atoms with E-state index in [1.807, 2.05) is 79.8 Å². The summed E-state index contributed by atoms with van der Waals surface area (Å²) >= 11 is 0. The molecule has 4 heteroatoms. The Bertz CT molecular complexity index is 664. The lowest BCUT2D eigenvalue weighted by Crippen LogP contribution is -2.29. The molecule has 0 saturated heterocycles. The van der Waals surface area contributed by atoms with E-state index < -0.39 is 0 Å². The van der Waals surface area contributed by atoms with Crippen molar-refractivity contribution < 1.29 is 4.42 Å². The van der Waals surface area contributed by atoms with Gasteiger partial charge in [-0.15, -0.1) is 0 Å². The average molecular weight is 293 g/mol. The third-order valence-corrected chi connectivity index (χ3v) is 3.30. The van der Waals surface area contributed by atoms with E-state index in [1.165, 1.54) is 0 Å². The van der Waals surface area contributed by atoms with Gasteiger partial charge in [0.2, 0.25) is 5.89 Å². The van der Waals surface area contributed by atoms with Crippen LogP contribution in [0.15, 0.2) is 65.1 Å². The van der Waals surface area contributed by atoms with E-state index in [2.05, 4.69) is 10.4 Å². The van der Waals surface area contributed by atoms with Gasteiger partial charge in [0.05, 0.1) is 6.54 Å². The lowest BCUT2D eigenvalue weighted by atomic mass is 10.1. The Labute approximate surface area is 130 Å². The number of hydrogen-bond acceptors (Lipinski definition) is 4. The number of hydrogen-bond donors (Lipinski definition) is 1. The molecule has 1 heterocycles. The highest BCUT2D eigenvalue weighted by atomic mass is 16.4. The van der Waals surface area contributed by atoms with Gasteiger partial charge in [0.1, 0.15) is 5.69 Å². The summed E-state index contributed by atoms with van der Waals surface area (Å²) in [4.78, 5) is 4.67. The minimum atomic E-state index is 0.555. The van der Waals surface area contributed by atoms with Gasteiger partial charge in [0.15, 0.2) is 5.76 Å². The summed E-state index contributed by atoms with van der Waals surface area (Å²) in [6.45, 7) is 0.555. The molecule has 2 aromatic carbocycles. The van der Waals surface area contributed by atoms with Crippen molar-refractivity contribution in [3.8, 4) is 22.6 Å². The van der Waals surface area contributed by atoms with Gasteiger partial charge >= 0.3 is 0 Å². The minimum Gasteiger partial charge on any atom is -0.439 e. The number of benzene rings is 2. The summed E-state index contributed by atoms with van der Waals surface area (Å²) in [5, 5.41) is 1.88. The first-order valence-electron chi connectivity index (χ1n) is 7.25. The van der Waals surface area contributed by atoms with Crippen molar-refractivity contribution in [3.63, 3.8) is 0 Å². The molecule has 0 atom stereocenters. The van der Waals surface area contributed by atoms with Gasteiger partial charge in [-0.1, -0.05) is 60.7 Å². The molecule has 22 heavy (non-hydrogen) atoms. The van der Waals surface area contributed by atoms with E-state index >= 15 is 0 Å². The first kappa shape index (κ1) is 14.5. The first-order valence-corrected chi connectivity index (χ1v) is 7.25. The van der Waals surface area contributed by atoms with Crippen LogP contribution < -0.4 is 5.43 Å². The fraction of sp³-hybridized carbons (Fsp3) is 0.167. The topological polar surface area (TPSA) is 41.3 Å². The van der Waals surface area contributed by atoms with Crippen LogP contribution in [-0.4, -0.2) is 24.1 Å². The van der Waals surface area contributed by atoms with Crippen LogP contribution in [0.2, 0.25) is 0 Å². The van der Waals surface area contributed by atoms with Gasteiger partial charge in [-0.3, -0.25) is 5.01 Å². The van der Waals surface area contributed by atoms with Crippen LogP contribution in [0, 0.1) is 0 Å². The number of aromatic nitrogens is 1. The SMILES string of the molecule is CN(C)NCc1nc(-c2ccccc2)c(-c2ccccc2)o1. The Kier molecular flexibility index (Phi) is 4.32. The molecule has 0 fully saturated rings. The fourth-order valence-electron chi connectivity index (χ4n) is 2.24. The normalized spacial score (nSPS) is 11.0. The number of oxazole rings is 1. The van der Waals surface area contributed by atoms with Crippen LogP contribution in [-0.2, 0) is 6.54 Å². The van der Waals surface area contributed by atoms with Crippen LogP contribution >= 0.6 is 0 Å². The fourth-order valence-corrected chi connectivity index (χ4v) is 2.24. The highest BCUT2D eigenvalue weighted by Crippen LogP contribution is 2.32. The standard InChI is InChI=1S/C18H19N3O/c1-21(2)19-13-16-20-17(14-9-5-3-6-10-14)18(22-16)15-11-7-4-8-12-15/h3-12,19H,13H2,1-2H3. The number of nitrogens with zero attached hydrogens (tertiary/aromatic N) is 2. The van der Waals surface area contributed by atoms with Gasteiger partial charge in [0.25, 0.3) is 0 Å². The molecule has 3 aromatic rings. The molecular formula is C18H19N3O. The quantitative estimate of drug-likeness (QED) is 0.730. The first-order chi connectivity index (χ1) is 10.7. The molecule has 0 unspecified atom stereocenters. The number of hydrazine groups is 1. The monoisotopic (exact) mass is 293 g/mol. The lowest BCUT2D eigenvalue weighted by molar-refractivity contribution is 0.269. The highest BCUT2D eigenvalue weighted by Gasteiger charge is 2.16. The maximum atomic E-state index is 6.01. The zero-order chi connectivity index (χ0) is 15.4. The highest BCUT2D eigenvalue weighted by molar-refractivity contribution is 5.76. The summed E-state index contributed by atoms with van der Waals surface area (Å²) in [6.07, 6.45) is 0. The van der Waals surface area contributed by atoms with Crippen LogP contribution in [0.4, 0.5) is 0 Å². The summed E-state index contributed by atoms with van der Waals surface area (Å²) in [5.41, 5.74) is 6.15. The summed E-state index contributed by atoms with van der Waals surface area (Å²) in [5.74, 6) is 1.48. The molecule has 0 aliphatic rings. The number of rotatable bonds is 5. The van der Waals surface area contributed by atoms with Gasteiger partial charge < -0.3 is 4.42 Å². The third-order valence-electron chi connectivity index (χ3n) is 3.30. The Morgan fingerprint density at radius 2 is 1.50 bits per heavy atom. The molecule has 0 saturated carbocycles. The van der Waals surface area contributed by atoms with E-state index in [0.717, 1.165) is 22.6 Å². The predicted molar refractivity (Wildman–Crippen MR) is 87.9 cm³/mol. The van der Waals surface area contributed by atoms with Gasteiger partial charge in [0, 0.05) is 25.2 Å². The Morgan fingerprint density at radius 1 is 0.909 bits per heavy atom. The maximum absolute atomic E-state index is 6.01. The second-order valence-electron chi connectivity index (χ2n) is 5.25. The Balaban J connectivity index is 2.03. The smallest absolute Gasteiger partial charge is 0.210 e. The van der Waals surface area contributed by atoms with Gasteiger partial charge in [-0.05, 0) is 0 Å². The van der Waals surface area contributed by atoms with E-state index in [-0.39, 0.29) is 0 Å². The molecule has 0 radical (unpaired) electrons. The molecule has 0 spiro atoms. The minimum absolute atomic E-state index is 0.555. The van der Waals surface area contributed by atoms with Crippen molar-refractivity contribution in [2.45, 2.75) is 6.54 Å². The molecule has 3 rings (SSSR count). The molecular weight excluding hydrogens is 274 g/mol. The second-order valence-corrected chi connectivity index (χ2v) is 5.25. The molecule has 1 aromatic heterocycles.